The Morgan fingerprint density at radius 3 is 2.40 bits per heavy atom. The first-order valence-corrected chi connectivity index (χ1v) is 8.82. The van der Waals surface area contributed by atoms with Gasteiger partial charge in [-0.25, -0.2) is 9.37 Å². The fourth-order valence-corrected chi connectivity index (χ4v) is 2.74. The Morgan fingerprint density at radius 2 is 1.80 bits per heavy atom. The summed E-state index contributed by atoms with van der Waals surface area (Å²) in [7, 11) is -1.41. The average Bonchev–Trinajstić information content (AvgIpc) is 2.69. The van der Waals surface area contributed by atoms with Gasteiger partial charge >= 0.3 is 13.3 Å². The zero-order valence-electron chi connectivity index (χ0n) is 15.4. The van der Waals surface area contributed by atoms with E-state index in [4.69, 9.17) is 10.0 Å². The van der Waals surface area contributed by atoms with Crippen LogP contribution in [-0.2, 0) is 12.6 Å². The predicted octanol–water partition coefficient (Wildman–Crippen LogP) is 3.15. The molecule has 3 rings (SSSR count). The molecule has 1 aromatic heterocycles. The van der Waals surface area contributed by atoms with Crippen molar-refractivity contribution in [2.45, 2.75) is 18.9 Å². The van der Waals surface area contributed by atoms with Crippen LogP contribution in [0.2, 0.25) is 6.32 Å². The number of aromatic nitrogens is 2. The van der Waals surface area contributed by atoms with Gasteiger partial charge in [0.2, 0.25) is 0 Å². The summed E-state index contributed by atoms with van der Waals surface area (Å²) in [4.78, 5) is 16.5. The molecule has 0 radical (unpaired) electrons. The van der Waals surface area contributed by atoms with Crippen LogP contribution in [0.4, 0.5) is 29.1 Å². The van der Waals surface area contributed by atoms with Crippen LogP contribution in [0.15, 0.2) is 59.7 Å². The Balaban J connectivity index is 1.84. The number of nitrogens with one attached hydrogen (secondary N) is 1. The van der Waals surface area contributed by atoms with Crippen LogP contribution >= 0.6 is 0 Å². The van der Waals surface area contributed by atoms with Crippen LogP contribution in [-0.4, -0.2) is 26.7 Å². The number of aryl methyl sites for hydroxylation is 1. The molecular weight excluding hydrogens is 405 g/mol. The van der Waals surface area contributed by atoms with Gasteiger partial charge < -0.3 is 15.4 Å². The molecule has 2 aromatic carbocycles. The number of rotatable bonds is 6. The van der Waals surface area contributed by atoms with Gasteiger partial charge in [0.15, 0.2) is 5.82 Å². The van der Waals surface area contributed by atoms with Crippen molar-refractivity contribution in [2.24, 2.45) is 0 Å². The monoisotopic (exact) mass is 421 g/mol. The highest BCUT2D eigenvalue weighted by Crippen LogP contribution is 2.31. The molecule has 0 amide bonds. The van der Waals surface area contributed by atoms with E-state index in [1.807, 2.05) is 0 Å². The molecule has 6 nitrogen and oxygen atoms in total. The van der Waals surface area contributed by atoms with E-state index in [1.165, 1.54) is 17.0 Å². The lowest BCUT2D eigenvalue weighted by molar-refractivity contribution is -0.137. The third-order valence-electron chi connectivity index (χ3n) is 4.30. The minimum absolute atomic E-state index is 0.168. The molecule has 0 aliphatic heterocycles. The van der Waals surface area contributed by atoms with E-state index in [9.17, 15) is 22.4 Å². The van der Waals surface area contributed by atoms with Gasteiger partial charge in [-0.3, -0.25) is 9.36 Å². The van der Waals surface area contributed by atoms with Gasteiger partial charge in [-0.05, 0) is 48.6 Å². The molecule has 30 heavy (non-hydrogen) atoms. The van der Waals surface area contributed by atoms with Crippen molar-refractivity contribution >= 4 is 18.6 Å². The van der Waals surface area contributed by atoms with Crippen molar-refractivity contribution < 1.29 is 27.6 Å². The second-order valence-electron chi connectivity index (χ2n) is 6.45. The number of hydrogen-bond donors (Lipinski definition) is 3. The van der Waals surface area contributed by atoms with Gasteiger partial charge in [0.25, 0.3) is 5.56 Å². The third-order valence-corrected chi connectivity index (χ3v) is 4.30. The second kappa shape index (κ2) is 8.68. The lowest BCUT2D eigenvalue weighted by Gasteiger charge is -2.12. The van der Waals surface area contributed by atoms with E-state index >= 15 is 0 Å². The molecule has 0 aliphatic rings. The van der Waals surface area contributed by atoms with Crippen LogP contribution in [0.3, 0.4) is 0 Å². The fourth-order valence-electron chi connectivity index (χ4n) is 2.74. The maximum atomic E-state index is 14.1. The first-order chi connectivity index (χ1) is 14.1. The van der Waals surface area contributed by atoms with Crippen molar-refractivity contribution in [3.05, 3.63) is 82.2 Å². The summed E-state index contributed by atoms with van der Waals surface area (Å²) < 4.78 is 53.3. The lowest BCUT2D eigenvalue weighted by atomic mass is 9.83. The van der Waals surface area contributed by atoms with Gasteiger partial charge in [0, 0.05) is 18.1 Å². The van der Waals surface area contributed by atoms with Crippen LogP contribution in [0.25, 0.3) is 5.69 Å². The molecule has 156 valence electrons. The number of alkyl halides is 3. The molecule has 0 unspecified atom stereocenters. The predicted molar refractivity (Wildman–Crippen MR) is 103 cm³/mol. The molecule has 0 saturated carbocycles. The fraction of sp³-hybridized carbons (Fsp3) is 0.158. The molecule has 0 atom stereocenters. The Hall–Kier alpha value is -3.18. The standard InChI is InChI=1S/C19H16BF4N3O3/c21-15-11-13(19(22,23)24)3-6-16(15)26-17-18(28)27(10-9-25-17)14-4-1-12(2-5-14)7-8-20(29)30/h1-6,9-11,29-30H,7-8H2,(H,25,26). The largest absolute Gasteiger partial charge is 0.451 e. The second-order valence-corrected chi connectivity index (χ2v) is 6.45. The number of anilines is 2. The Bertz CT molecular complexity index is 1090. The lowest BCUT2D eigenvalue weighted by Crippen LogP contribution is -2.22. The highest BCUT2D eigenvalue weighted by Gasteiger charge is 2.31. The minimum Gasteiger partial charge on any atom is -0.427 e. The molecule has 1 heterocycles. The van der Waals surface area contributed by atoms with Crippen molar-refractivity contribution in [1.82, 2.24) is 9.55 Å². The first kappa shape index (κ1) is 21.5. The van der Waals surface area contributed by atoms with E-state index in [0.717, 1.165) is 11.6 Å². The maximum absolute atomic E-state index is 14.1. The molecule has 0 spiro atoms. The summed E-state index contributed by atoms with van der Waals surface area (Å²) >= 11 is 0. The van der Waals surface area contributed by atoms with Crippen LogP contribution in [0, 0.1) is 5.82 Å². The zero-order valence-corrected chi connectivity index (χ0v) is 15.4. The summed E-state index contributed by atoms with van der Waals surface area (Å²) in [6.45, 7) is 0. The minimum atomic E-state index is -4.68. The van der Waals surface area contributed by atoms with Gasteiger partial charge in [-0.2, -0.15) is 13.2 Å². The number of hydrogen-bond acceptors (Lipinski definition) is 5. The van der Waals surface area contributed by atoms with E-state index in [0.29, 0.717) is 24.2 Å². The van der Waals surface area contributed by atoms with Gasteiger partial charge in [-0.1, -0.05) is 12.1 Å². The summed E-state index contributed by atoms with van der Waals surface area (Å²) in [6.07, 6.45) is -1.39. The molecule has 0 bridgehead atoms. The summed E-state index contributed by atoms with van der Waals surface area (Å²) in [5.41, 5.74) is -0.776. The van der Waals surface area contributed by atoms with Gasteiger partial charge in [0.1, 0.15) is 5.82 Å². The number of benzene rings is 2. The number of nitrogens with zero attached hydrogens (tertiary/aromatic N) is 2. The quantitative estimate of drug-likeness (QED) is 0.421. The molecule has 0 aliphatic carbocycles. The van der Waals surface area contributed by atoms with E-state index < -0.39 is 30.2 Å². The molecular formula is C19H16BF4N3O3. The molecule has 3 N–H and O–H groups in total. The molecule has 3 aromatic rings. The highest BCUT2D eigenvalue weighted by atomic mass is 19.4. The van der Waals surface area contributed by atoms with Crippen molar-refractivity contribution in [3.8, 4) is 5.69 Å². The molecule has 0 saturated heterocycles. The first-order valence-electron chi connectivity index (χ1n) is 8.82. The van der Waals surface area contributed by atoms with Gasteiger partial charge in [-0.15, -0.1) is 0 Å². The zero-order chi connectivity index (χ0) is 21.9. The topological polar surface area (TPSA) is 87.4 Å². The highest BCUT2D eigenvalue weighted by molar-refractivity contribution is 6.40. The molecule has 0 fully saturated rings. The smallest absolute Gasteiger partial charge is 0.427 e. The number of halogens is 4. The van der Waals surface area contributed by atoms with Crippen LogP contribution < -0.4 is 10.9 Å². The maximum Gasteiger partial charge on any atom is 0.451 e. The third kappa shape index (κ3) is 5.05. The van der Waals surface area contributed by atoms with Crippen LogP contribution in [0.5, 0.6) is 0 Å². The van der Waals surface area contributed by atoms with Crippen molar-refractivity contribution in [1.29, 1.82) is 0 Å². The van der Waals surface area contributed by atoms with Gasteiger partial charge in [0.05, 0.1) is 11.3 Å². The van der Waals surface area contributed by atoms with E-state index in [-0.39, 0.29) is 17.8 Å². The Kier molecular flexibility index (Phi) is 6.23. The molecule has 11 heteroatoms. The van der Waals surface area contributed by atoms with Crippen LogP contribution in [0.1, 0.15) is 11.1 Å². The van der Waals surface area contributed by atoms with Crippen molar-refractivity contribution in [2.75, 3.05) is 5.32 Å². The van der Waals surface area contributed by atoms with E-state index in [1.54, 1.807) is 24.3 Å². The SMILES string of the molecule is O=c1c(Nc2ccc(C(F)(F)F)cc2F)nccn1-c1ccc(CCB(O)O)cc1. The summed E-state index contributed by atoms with van der Waals surface area (Å²) in [5.74, 6) is -1.43. The Labute approximate surface area is 168 Å². The summed E-state index contributed by atoms with van der Waals surface area (Å²) in [6, 6.07) is 8.65. The van der Waals surface area contributed by atoms with E-state index in [2.05, 4.69) is 10.3 Å². The normalized spacial score (nSPS) is 11.4. The summed E-state index contributed by atoms with van der Waals surface area (Å²) in [5, 5.41) is 20.3. The average molecular weight is 421 g/mol. The van der Waals surface area contributed by atoms with Crippen molar-refractivity contribution in [3.63, 3.8) is 0 Å². The Morgan fingerprint density at radius 1 is 1.10 bits per heavy atom.